The molecule has 6 heterocycles. The van der Waals surface area contributed by atoms with E-state index in [0.29, 0.717) is 43.5 Å². The molecule has 51 heavy (non-hydrogen) atoms. The fourth-order valence-electron chi connectivity index (χ4n) is 8.70. The zero-order valence-electron chi connectivity index (χ0n) is 29.9. The topological polar surface area (TPSA) is 109 Å². The highest BCUT2D eigenvalue weighted by atomic mass is 19.1. The second-order valence-corrected chi connectivity index (χ2v) is 15.0. The zero-order chi connectivity index (χ0) is 35.4. The number of aromatic nitrogens is 4. The number of carbonyl (C=O) groups excluding carboxylic acids is 2. The zero-order valence-corrected chi connectivity index (χ0v) is 29.9. The molecule has 1 aromatic carbocycles. The summed E-state index contributed by atoms with van der Waals surface area (Å²) in [4.78, 5) is 48.1. The molecule has 4 aliphatic rings. The fraction of sp³-hybridized carbons (Fsp3) is 0.513. The van der Waals surface area contributed by atoms with E-state index in [1.807, 2.05) is 21.6 Å². The van der Waals surface area contributed by atoms with Crippen LogP contribution in [0.4, 0.5) is 21.6 Å². The van der Waals surface area contributed by atoms with E-state index in [9.17, 15) is 14.0 Å². The van der Waals surface area contributed by atoms with Crippen molar-refractivity contribution < 1.29 is 18.7 Å². The molecule has 1 unspecified atom stereocenters. The highest BCUT2D eigenvalue weighted by Crippen LogP contribution is 2.52. The molecule has 0 radical (unpaired) electrons. The minimum atomic E-state index is -0.684. The molecule has 1 aliphatic carbocycles. The third-order valence-electron chi connectivity index (χ3n) is 11.8. The fourth-order valence-corrected chi connectivity index (χ4v) is 8.70. The second-order valence-electron chi connectivity index (χ2n) is 15.0. The van der Waals surface area contributed by atoms with Crippen molar-refractivity contribution in [3.8, 4) is 11.3 Å². The van der Waals surface area contributed by atoms with Gasteiger partial charge < -0.3 is 29.3 Å². The van der Waals surface area contributed by atoms with Crippen LogP contribution in [0.1, 0.15) is 77.3 Å². The number of hydrogen-bond acceptors (Lipinski definition) is 8. The number of piperidine rings is 2. The molecule has 4 aromatic rings. The smallest absolute Gasteiger partial charge is 0.251 e. The maximum absolute atomic E-state index is 14.8. The average molecular weight is 695 g/mol. The quantitative estimate of drug-likeness (QED) is 0.232. The number of ether oxygens (including phenoxy) is 1. The van der Waals surface area contributed by atoms with Crippen molar-refractivity contribution in [3.63, 3.8) is 0 Å². The molecular formula is C39H47FN8O3. The first-order valence-corrected chi connectivity index (χ1v) is 18.5. The summed E-state index contributed by atoms with van der Waals surface area (Å²) >= 11 is 0. The standard InChI is InChI=1S/C39H47FN8O3/c1-24(2)47-23-42-33-21-32(44-36(35(33)47)43-31-10-13-41-22-30(31)40)26-8-9-29-34(18-26)48(28-19-27(20-28)45-14-6-5-7-15-45)38(50)39(29)11-16-46(17-12-39)37(49)25(3)51-4/h8-10,13,18,21-25,27-28H,5-7,11-12,14-17,19-20H2,1-4H3,(H,41,43,44). The molecular weight excluding hydrogens is 647 g/mol. The summed E-state index contributed by atoms with van der Waals surface area (Å²) in [6, 6.07) is 10.6. The highest BCUT2D eigenvalue weighted by molar-refractivity contribution is 6.09. The van der Waals surface area contributed by atoms with E-state index in [1.165, 1.54) is 25.5 Å². The molecule has 3 aliphatic heterocycles. The number of halogens is 1. The highest BCUT2D eigenvalue weighted by Gasteiger charge is 2.56. The lowest BCUT2D eigenvalue weighted by atomic mass is 9.73. The lowest BCUT2D eigenvalue weighted by molar-refractivity contribution is -0.144. The first-order valence-electron chi connectivity index (χ1n) is 18.5. The summed E-state index contributed by atoms with van der Waals surface area (Å²) in [5.41, 5.74) is 4.62. The van der Waals surface area contributed by atoms with Gasteiger partial charge in [0.25, 0.3) is 5.91 Å². The molecule has 2 saturated heterocycles. The summed E-state index contributed by atoms with van der Waals surface area (Å²) < 4.78 is 22.2. The minimum Gasteiger partial charge on any atom is -0.372 e. The van der Waals surface area contributed by atoms with Crippen LogP contribution in [0.5, 0.6) is 0 Å². The van der Waals surface area contributed by atoms with Gasteiger partial charge in [-0.15, -0.1) is 0 Å². The van der Waals surface area contributed by atoms with Gasteiger partial charge in [-0.25, -0.2) is 14.4 Å². The van der Waals surface area contributed by atoms with Gasteiger partial charge in [0.05, 0.1) is 34.8 Å². The van der Waals surface area contributed by atoms with Gasteiger partial charge in [0, 0.05) is 55.8 Å². The summed E-state index contributed by atoms with van der Waals surface area (Å²) in [5.74, 6) is 0.136. The molecule has 1 atom stereocenters. The largest absolute Gasteiger partial charge is 0.372 e. The van der Waals surface area contributed by atoms with Gasteiger partial charge in [0.2, 0.25) is 5.91 Å². The van der Waals surface area contributed by atoms with Crippen LogP contribution in [-0.2, 0) is 19.7 Å². The van der Waals surface area contributed by atoms with Gasteiger partial charge in [0.1, 0.15) is 11.6 Å². The van der Waals surface area contributed by atoms with Crippen molar-refractivity contribution in [3.05, 3.63) is 60.4 Å². The number of hydrogen-bond donors (Lipinski definition) is 1. The molecule has 2 amide bonds. The Morgan fingerprint density at radius 2 is 1.78 bits per heavy atom. The van der Waals surface area contributed by atoms with Crippen molar-refractivity contribution in [2.75, 3.05) is 43.5 Å². The first kappa shape index (κ1) is 33.7. The number of rotatable bonds is 8. The summed E-state index contributed by atoms with van der Waals surface area (Å²) in [5, 5.41) is 3.22. The molecule has 11 nitrogen and oxygen atoms in total. The summed E-state index contributed by atoms with van der Waals surface area (Å²) in [7, 11) is 1.55. The second kappa shape index (κ2) is 13.3. The van der Waals surface area contributed by atoms with Gasteiger partial charge >= 0.3 is 0 Å². The Hall–Kier alpha value is -4.42. The number of anilines is 3. The molecule has 12 heteroatoms. The van der Waals surface area contributed by atoms with E-state index < -0.39 is 17.3 Å². The summed E-state index contributed by atoms with van der Waals surface area (Å²) in [6.07, 6.45) is 10.9. The Bertz CT molecular complexity index is 1960. The van der Waals surface area contributed by atoms with Crippen LogP contribution < -0.4 is 10.2 Å². The molecule has 0 bridgehead atoms. The lowest BCUT2D eigenvalue weighted by Crippen LogP contribution is -2.58. The van der Waals surface area contributed by atoms with Crippen LogP contribution in [0.2, 0.25) is 0 Å². The van der Waals surface area contributed by atoms with Gasteiger partial charge in [-0.1, -0.05) is 18.6 Å². The van der Waals surface area contributed by atoms with E-state index >= 15 is 0 Å². The molecule has 1 N–H and O–H groups in total. The third-order valence-corrected chi connectivity index (χ3v) is 11.8. The number of methoxy groups -OCH3 is 1. The number of likely N-dealkylation sites (tertiary alicyclic amines) is 2. The van der Waals surface area contributed by atoms with Crippen LogP contribution in [0, 0.1) is 5.82 Å². The number of amides is 2. The molecule has 3 aromatic heterocycles. The van der Waals surface area contributed by atoms with E-state index in [4.69, 9.17) is 14.7 Å². The molecule has 1 spiro atoms. The van der Waals surface area contributed by atoms with E-state index in [0.717, 1.165) is 53.8 Å². The van der Waals surface area contributed by atoms with Crippen molar-refractivity contribution in [1.29, 1.82) is 0 Å². The van der Waals surface area contributed by atoms with Gasteiger partial charge in [-0.2, -0.15) is 0 Å². The maximum Gasteiger partial charge on any atom is 0.251 e. The molecule has 268 valence electrons. The average Bonchev–Trinajstić information content (AvgIpc) is 3.66. The van der Waals surface area contributed by atoms with Crippen molar-refractivity contribution in [1.82, 2.24) is 29.3 Å². The van der Waals surface area contributed by atoms with Crippen LogP contribution in [0.15, 0.2) is 49.1 Å². The normalized spacial score (nSPS) is 22.4. The minimum absolute atomic E-state index is 0.0361. The van der Waals surface area contributed by atoms with Gasteiger partial charge in [0.15, 0.2) is 11.6 Å². The Labute approximate surface area is 298 Å². The number of nitrogens with zero attached hydrogens (tertiary/aromatic N) is 7. The van der Waals surface area contributed by atoms with Crippen molar-refractivity contribution in [2.24, 2.45) is 0 Å². The van der Waals surface area contributed by atoms with E-state index in [-0.39, 0.29) is 29.6 Å². The Morgan fingerprint density at radius 1 is 1.02 bits per heavy atom. The van der Waals surface area contributed by atoms with Crippen LogP contribution in [0.3, 0.4) is 0 Å². The monoisotopic (exact) mass is 694 g/mol. The van der Waals surface area contributed by atoms with Crippen LogP contribution >= 0.6 is 0 Å². The van der Waals surface area contributed by atoms with E-state index in [1.54, 1.807) is 32.6 Å². The van der Waals surface area contributed by atoms with Crippen LogP contribution in [0.25, 0.3) is 22.3 Å². The third kappa shape index (κ3) is 5.76. The van der Waals surface area contributed by atoms with Crippen LogP contribution in [-0.4, -0.2) is 92.6 Å². The lowest BCUT2D eigenvalue weighted by Gasteiger charge is -2.48. The number of imidazole rings is 1. The number of nitrogens with one attached hydrogen (secondary N) is 1. The first-order chi connectivity index (χ1) is 24.7. The summed E-state index contributed by atoms with van der Waals surface area (Å²) in [6.45, 7) is 9.21. The Balaban J connectivity index is 1.17. The Morgan fingerprint density at radius 3 is 2.49 bits per heavy atom. The number of pyridine rings is 2. The Kier molecular flexibility index (Phi) is 8.78. The van der Waals surface area contributed by atoms with E-state index in [2.05, 4.69) is 46.1 Å². The molecule has 3 fully saturated rings. The van der Waals surface area contributed by atoms with Crippen molar-refractivity contribution in [2.45, 2.75) is 95.4 Å². The SMILES string of the molecule is COC(C)C(=O)N1CCC2(CC1)C(=O)N(C1CC(N3CCCCC3)C1)c1cc(-c3cc4ncn(C(C)C)c4c(Nc4ccncc4F)n3)ccc12. The van der Waals surface area contributed by atoms with Gasteiger partial charge in [-0.05, 0) is 96.1 Å². The molecule has 8 rings (SSSR count). The predicted octanol–water partition coefficient (Wildman–Crippen LogP) is 6.22. The number of fused-ring (bicyclic) bond motifs is 3. The predicted molar refractivity (Wildman–Crippen MR) is 195 cm³/mol. The maximum atomic E-state index is 14.8. The van der Waals surface area contributed by atoms with Crippen molar-refractivity contribution >= 4 is 40.0 Å². The number of carbonyl (C=O) groups is 2. The molecule has 1 saturated carbocycles. The van der Waals surface area contributed by atoms with Gasteiger partial charge in [-0.3, -0.25) is 14.6 Å². The number of benzene rings is 1.